The highest BCUT2D eigenvalue weighted by Gasteiger charge is 2.20. The normalized spacial score (nSPS) is 17.3. The molecule has 1 saturated heterocycles. The Balaban J connectivity index is 1.38. The number of nitrogens with zero attached hydrogens (tertiary/aromatic N) is 1. The number of fused-ring (bicyclic) bond motifs is 1. The Morgan fingerprint density at radius 1 is 1.17 bits per heavy atom. The van der Waals surface area contributed by atoms with Crippen LogP contribution in [0.1, 0.15) is 47.0 Å². The van der Waals surface area contributed by atoms with Crippen LogP contribution < -0.4 is 5.32 Å². The van der Waals surface area contributed by atoms with E-state index in [0.717, 1.165) is 29.0 Å². The molecule has 158 valence electrons. The molecule has 0 spiro atoms. The predicted molar refractivity (Wildman–Crippen MR) is 118 cm³/mol. The number of nitrogens with one attached hydrogen (secondary N) is 1. The summed E-state index contributed by atoms with van der Waals surface area (Å²) in [6.45, 7) is 6.49. The molecule has 2 aromatic carbocycles. The van der Waals surface area contributed by atoms with Gasteiger partial charge in [-0.05, 0) is 42.5 Å². The summed E-state index contributed by atoms with van der Waals surface area (Å²) in [6.07, 6.45) is 2.63. The third kappa shape index (κ3) is 4.74. The molecule has 1 atom stereocenters. The lowest BCUT2D eigenvalue weighted by molar-refractivity contribution is 0.0918. The van der Waals surface area contributed by atoms with Crippen molar-refractivity contribution in [3.05, 3.63) is 71.0 Å². The molecule has 4 rings (SSSR count). The van der Waals surface area contributed by atoms with Gasteiger partial charge in [0.1, 0.15) is 5.58 Å². The van der Waals surface area contributed by atoms with E-state index in [1.807, 2.05) is 24.3 Å². The molecule has 5 heteroatoms. The molecule has 1 unspecified atom stereocenters. The molecule has 1 aliphatic rings. The van der Waals surface area contributed by atoms with Gasteiger partial charge >= 0.3 is 0 Å². The maximum absolute atomic E-state index is 12.8. The number of likely N-dealkylation sites (tertiary alicyclic amines) is 1. The quantitative estimate of drug-likeness (QED) is 0.616. The van der Waals surface area contributed by atoms with Crippen LogP contribution in [0.3, 0.4) is 0 Å². The minimum absolute atomic E-state index is 0.218. The summed E-state index contributed by atoms with van der Waals surface area (Å²) in [4.78, 5) is 15.3. The number of furan rings is 1. The largest absolute Gasteiger partial charge is 0.451 e. The van der Waals surface area contributed by atoms with Gasteiger partial charge in [0.25, 0.3) is 5.91 Å². The molecule has 1 fully saturated rings. The van der Waals surface area contributed by atoms with Gasteiger partial charge in [-0.15, -0.1) is 0 Å². The fourth-order valence-corrected chi connectivity index (χ4v) is 4.28. The average Bonchev–Trinajstić information content (AvgIpc) is 3.12. The fourth-order valence-electron chi connectivity index (χ4n) is 4.28. The molecular formula is C25H30N2O3. The van der Waals surface area contributed by atoms with Crippen molar-refractivity contribution >= 4 is 16.9 Å². The molecule has 0 bridgehead atoms. The van der Waals surface area contributed by atoms with E-state index in [-0.39, 0.29) is 5.91 Å². The zero-order valence-electron chi connectivity index (χ0n) is 17.8. The van der Waals surface area contributed by atoms with Gasteiger partial charge in [0, 0.05) is 37.7 Å². The number of para-hydroxylation sites is 1. The number of hydrogen-bond acceptors (Lipinski definition) is 4. The van der Waals surface area contributed by atoms with Crippen molar-refractivity contribution in [2.45, 2.75) is 39.5 Å². The van der Waals surface area contributed by atoms with E-state index < -0.39 is 0 Å². The molecule has 1 N–H and O–H groups in total. The van der Waals surface area contributed by atoms with Gasteiger partial charge in [-0.2, -0.15) is 0 Å². The number of ether oxygens (including phenoxy) is 1. The summed E-state index contributed by atoms with van der Waals surface area (Å²) in [7, 11) is 1.62. The van der Waals surface area contributed by atoms with E-state index in [9.17, 15) is 4.79 Å². The van der Waals surface area contributed by atoms with Crippen molar-refractivity contribution in [2.24, 2.45) is 5.92 Å². The zero-order valence-corrected chi connectivity index (χ0v) is 17.8. The fraction of sp³-hybridized carbons (Fsp3) is 0.400. The highest BCUT2D eigenvalue weighted by Crippen LogP contribution is 2.26. The summed E-state index contributed by atoms with van der Waals surface area (Å²) in [5.74, 6) is 0.896. The highest BCUT2D eigenvalue weighted by molar-refractivity contribution is 5.99. The van der Waals surface area contributed by atoms with Crippen molar-refractivity contribution in [3.8, 4) is 0 Å². The van der Waals surface area contributed by atoms with E-state index >= 15 is 0 Å². The summed E-state index contributed by atoms with van der Waals surface area (Å²) in [6, 6.07) is 16.2. The van der Waals surface area contributed by atoms with Crippen molar-refractivity contribution in [1.82, 2.24) is 10.2 Å². The number of piperidine rings is 1. The molecule has 0 radical (unpaired) electrons. The van der Waals surface area contributed by atoms with Gasteiger partial charge in [0.2, 0.25) is 0 Å². The third-order valence-electron chi connectivity index (χ3n) is 5.82. The Labute approximate surface area is 178 Å². The van der Waals surface area contributed by atoms with E-state index in [0.29, 0.717) is 24.5 Å². The van der Waals surface area contributed by atoms with Crippen LogP contribution in [-0.4, -0.2) is 31.0 Å². The lowest BCUT2D eigenvalue weighted by atomic mass is 9.99. The Hall–Kier alpha value is -2.63. The molecule has 0 aliphatic carbocycles. The smallest absolute Gasteiger partial charge is 0.287 e. The topological polar surface area (TPSA) is 54.7 Å². The zero-order chi connectivity index (χ0) is 20.9. The molecule has 2 heterocycles. The lowest BCUT2D eigenvalue weighted by Crippen LogP contribution is -2.33. The van der Waals surface area contributed by atoms with Gasteiger partial charge in [0.05, 0.1) is 6.61 Å². The predicted octanol–water partition coefficient (Wildman–Crippen LogP) is 4.74. The van der Waals surface area contributed by atoms with Crippen LogP contribution in [0.4, 0.5) is 0 Å². The number of carbonyl (C=O) groups is 1. The van der Waals surface area contributed by atoms with Gasteiger partial charge in [-0.1, -0.05) is 49.4 Å². The molecule has 30 heavy (non-hydrogen) atoms. The van der Waals surface area contributed by atoms with Crippen molar-refractivity contribution in [2.75, 3.05) is 20.2 Å². The van der Waals surface area contributed by atoms with E-state index in [1.54, 1.807) is 7.11 Å². The molecular weight excluding hydrogens is 376 g/mol. The maximum Gasteiger partial charge on any atom is 0.287 e. The first-order chi connectivity index (χ1) is 14.6. The van der Waals surface area contributed by atoms with E-state index in [2.05, 4.69) is 41.4 Å². The van der Waals surface area contributed by atoms with Crippen LogP contribution in [0.25, 0.3) is 11.0 Å². The molecule has 3 aromatic rings. The molecule has 5 nitrogen and oxygen atoms in total. The molecule has 0 saturated carbocycles. The Bertz CT molecular complexity index is 993. The van der Waals surface area contributed by atoms with Gasteiger partial charge in [-0.3, -0.25) is 9.69 Å². The van der Waals surface area contributed by atoms with Crippen LogP contribution in [0.5, 0.6) is 0 Å². The molecule has 1 aliphatic heterocycles. The maximum atomic E-state index is 12.8. The van der Waals surface area contributed by atoms with E-state index in [1.165, 1.54) is 31.5 Å². The first-order valence-electron chi connectivity index (χ1n) is 10.7. The number of methoxy groups -OCH3 is 1. The first kappa shape index (κ1) is 20.6. The Morgan fingerprint density at radius 2 is 1.93 bits per heavy atom. The SMILES string of the molecule is COCc1c(C(=O)NCc2ccc(CN3CCCC(C)C3)cc2)oc2ccccc12. The second-order valence-electron chi connectivity index (χ2n) is 8.32. The minimum atomic E-state index is -0.218. The Kier molecular flexibility index (Phi) is 6.50. The number of hydrogen-bond donors (Lipinski definition) is 1. The van der Waals surface area contributed by atoms with Gasteiger partial charge < -0.3 is 14.5 Å². The number of amides is 1. The average molecular weight is 407 g/mol. The third-order valence-corrected chi connectivity index (χ3v) is 5.82. The van der Waals surface area contributed by atoms with Gasteiger partial charge in [0.15, 0.2) is 5.76 Å². The molecule has 1 aromatic heterocycles. The number of carbonyl (C=O) groups excluding carboxylic acids is 1. The van der Waals surface area contributed by atoms with Crippen LogP contribution >= 0.6 is 0 Å². The molecule has 1 amide bonds. The second kappa shape index (κ2) is 9.45. The van der Waals surface area contributed by atoms with Crippen LogP contribution in [-0.2, 0) is 24.4 Å². The summed E-state index contributed by atoms with van der Waals surface area (Å²) < 4.78 is 11.1. The first-order valence-corrected chi connectivity index (χ1v) is 10.7. The lowest BCUT2D eigenvalue weighted by Gasteiger charge is -2.30. The number of benzene rings is 2. The van der Waals surface area contributed by atoms with E-state index in [4.69, 9.17) is 9.15 Å². The Morgan fingerprint density at radius 3 is 2.70 bits per heavy atom. The monoisotopic (exact) mass is 406 g/mol. The van der Waals surface area contributed by atoms with Crippen molar-refractivity contribution in [1.29, 1.82) is 0 Å². The standard InChI is InChI=1S/C25H30N2O3/c1-18-6-5-13-27(15-18)16-20-11-9-19(10-12-20)14-26-25(28)24-22(17-29-2)21-7-3-4-8-23(21)30-24/h3-4,7-12,18H,5-6,13-17H2,1-2H3,(H,26,28). The summed E-state index contributed by atoms with van der Waals surface area (Å²) >= 11 is 0. The minimum Gasteiger partial charge on any atom is -0.451 e. The van der Waals surface area contributed by atoms with Crippen molar-refractivity contribution in [3.63, 3.8) is 0 Å². The summed E-state index contributed by atoms with van der Waals surface area (Å²) in [5.41, 5.74) is 3.88. The highest BCUT2D eigenvalue weighted by atomic mass is 16.5. The van der Waals surface area contributed by atoms with Crippen LogP contribution in [0, 0.1) is 5.92 Å². The van der Waals surface area contributed by atoms with Crippen LogP contribution in [0.2, 0.25) is 0 Å². The van der Waals surface area contributed by atoms with Crippen LogP contribution in [0.15, 0.2) is 52.9 Å². The second-order valence-corrected chi connectivity index (χ2v) is 8.32. The van der Waals surface area contributed by atoms with Gasteiger partial charge in [-0.25, -0.2) is 0 Å². The summed E-state index contributed by atoms with van der Waals surface area (Å²) in [5, 5.41) is 3.90. The number of rotatable bonds is 7. The van der Waals surface area contributed by atoms with Crippen molar-refractivity contribution < 1.29 is 13.9 Å².